The summed E-state index contributed by atoms with van der Waals surface area (Å²) in [6.07, 6.45) is 3.54. The lowest BCUT2D eigenvalue weighted by molar-refractivity contribution is -0.126. The van der Waals surface area contributed by atoms with Gasteiger partial charge < -0.3 is 15.8 Å². The summed E-state index contributed by atoms with van der Waals surface area (Å²) in [5, 5.41) is 2.91. The largest absolute Gasteiger partial charge is 0.374 e. The van der Waals surface area contributed by atoms with Crippen molar-refractivity contribution < 1.29 is 9.53 Å². The van der Waals surface area contributed by atoms with Crippen LogP contribution < -0.4 is 11.1 Å². The topological polar surface area (TPSA) is 64.3 Å². The van der Waals surface area contributed by atoms with E-state index < -0.39 is 0 Å². The fourth-order valence-electron chi connectivity index (χ4n) is 2.36. The second kappa shape index (κ2) is 3.76. The Morgan fingerprint density at radius 2 is 2.27 bits per heavy atom. The number of nitrogens with two attached hydrogens (primary N) is 1. The van der Waals surface area contributed by atoms with Gasteiger partial charge in [0.2, 0.25) is 5.91 Å². The molecule has 3 N–H and O–H groups in total. The van der Waals surface area contributed by atoms with Crippen molar-refractivity contribution in [2.75, 3.05) is 6.54 Å². The van der Waals surface area contributed by atoms with Crippen molar-refractivity contribution in [2.45, 2.75) is 50.9 Å². The van der Waals surface area contributed by atoms with E-state index in [1.54, 1.807) is 0 Å². The van der Waals surface area contributed by atoms with Gasteiger partial charge in [0.15, 0.2) is 0 Å². The molecule has 2 fully saturated rings. The third-order valence-corrected chi connectivity index (χ3v) is 3.16. The second-order valence-electron chi connectivity index (χ2n) is 5.42. The van der Waals surface area contributed by atoms with Crippen LogP contribution >= 0.6 is 0 Å². The molecule has 0 aromatic heterocycles. The zero-order valence-corrected chi connectivity index (χ0v) is 9.45. The van der Waals surface area contributed by atoms with Crippen molar-refractivity contribution in [3.8, 4) is 0 Å². The highest BCUT2D eigenvalue weighted by Gasteiger charge is 2.44. The van der Waals surface area contributed by atoms with E-state index in [1.807, 2.05) is 13.8 Å². The molecule has 0 aromatic rings. The highest BCUT2D eigenvalue weighted by molar-refractivity contribution is 5.79. The van der Waals surface area contributed by atoms with Crippen molar-refractivity contribution in [1.29, 1.82) is 0 Å². The van der Waals surface area contributed by atoms with Crippen molar-refractivity contribution in [1.82, 2.24) is 5.32 Å². The fraction of sp³-hybridized carbons (Fsp3) is 0.909. The van der Waals surface area contributed by atoms with E-state index in [0.717, 1.165) is 19.3 Å². The van der Waals surface area contributed by atoms with Crippen molar-refractivity contribution in [2.24, 2.45) is 11.7 Å². The number of carbonyl (C=O) groups excluding carboxylic acids is 1. The zero-order valence-electron chi connectivity index (χ0n) is 9.45. The minimum Gasteiger partial charge on any atom is -0.374 e. The molecule has 15 heavy (non-hydrogen) atoms. The molecule has 3 unspecified atom stereocenters. The van der Waals surface area contributed by atoms with Gasteiger partial charge in [-0.1, -0.05) is 0 Å². The minimum absolute atomic E-state index is 0.0612. The van der Waals surface area contributed by atoms with Crippen LogP contribution in [-0.4, -0.2) is 30.2 Å². The number of rotatable bonds is 3. The maximum absolute atomic E-state index is 11.8. The Labute approximate surface area is 90.5 Å². The zero-order chi connectivity index (χ0) is 11.1. The number of carbonyl (C=O) groups is 1. The molecule has 2 rings (SSSR count). The molecule has 4 heteroatoms. The Hall–Kier alpha value is -0.610. The quantitative estimate of drug-likeness (QED) is 0.712. The highest BCUT2D eigenvalue weighted by atomic mass is 16.5. The molecule has 0 aliphatic carbocycles. The fourth-order valence-corrected chi connectivity index (χ4v) is 2.36. The number of hydrogen-bond donors (Lipinski definition) is 2. The van der Waals surface area contributed by atoms with E-state index in [4.69, 9.17) is 10.5 Å². The monoisotopic (exact) mass is 212 g/mol. The van der Waals surface area contributed by atoms with Crippen LogP contribution in [0.2, 0.25) is 0 Å². The molecule has 0 saturated carbocycles. The smallest absolute Gasteiger partial charge is 0.225 e. The molecule has 2 saturated heterocycles. The van der Waals surface area contributed by atoms with Crippen LogP contribution in [0.15, 0.2) is 0 Å². The summed E-state index contributed by atoms with van der Waals surface area (Å²) in [5.74, 6) is 0.173. The van der Waals surface area contributed by atoms with E-state index in [-0.39, 0.29) is 23.5 Å². The summed E-state index contributed by atoms with van der Waals surface area (Å²) in [4.78, 5) is 11.8. The first-order chi connectivity index (χ1) is 6.96. The van der Waals surface area contributed by atoms with Crippen LogP contribution in [0.25, 0.3) is 0 Å². The molecule has 2 bridgehead atoms. The van der Waals surface area contributed by atoms with Gasteiger partial charge in [0.25, 0.3) is 0 Å². The lowest BCUT2D eigenvalue weighted by Gasteiger charge is -2.22. The van der Waals surface area contributed by atoms with Crippen LogP contribution in [0.1, 0.15) is 33.1 Å². The summed E-state index contributed by atoms with van der Waals surface area (Å²) in [5.41, 5.74) is 5.47. The van der Waals surface area contributed by atoms with Crippen molar-refractivity contribution in [3.63, 3.8) is 0 Å². The first-order valence-corrected chi connectivity index (χ1v) is 5.68. The van der Waals surface area contributed by atoms with Gasteiger partial charge in [0.1, 0.15) is 0 Å². The number of hydrogen-bond acceptors (Lipinski definition) is 3. The summed E-state index contributed by atoms with van der Waals surface area (Å²) in [6, 6.07) is 0. The van der Waals surface area contributed by atoms with Gasteiger partial charge in [-0.25, -0.2) is 0 Å². The van der Waals surface area contributed by atoms with Gasteiger partial charge >= 0.3 is 0 Å². The summed E-state index contributed by atoms with van der Waals surface area (Å²) >= 11 is 0. The lowest BCUT2D eigenvalue weighted by Crippen LogP contribution is -2.47. The van der Waals surface area contributed by atoms with Crippen LogP contribution in [0.4, 0.5) is 0 Å². The Morgan fingerprint density at radius 1 is 1.53 bits per heavy atom. The van der Waals surface area contributed by atoms with Gasteiger partial charge in [0, 0.05) is 12.1 Å². The molecule has 86 valence electrons. The van der Waals surface area contributed by atoms with E-state index in [1.165, 1.54) is 0 Å². The molecule has 3 atom stereocenters. The molecule has 0 aromatic carbocycles. The van der Waals surface area contributed by atoms with Crippen molar-refractivity contribution in [3.05, 3.63) is 0 Å². The lowest BCUT2D eigenvalue weighted by atomic mass is 9.88. The Morgan fingerprint density at radius 3 is 2.73 bits per heavy atom. The van der Waals surface area contributed by atoms with E-state index in [2.05, 4.69) is 5.32 Å². The van der Waals surface area contributed by atoms with E-state index in [9.17, 15) is 4.79 Å². The normalized spacial score (nSPS) is 34.5. The molecule has 1 amide bonds. The Bertz CT molecular complexity index is 260. The summed E-state index contributed by atoms with van der Waals surface area (Å²) in [6.45, 7) is 4.34. The number of ether oxygens (including phenoxy) is 1. The van der Waals surface area contributed by atoms with Crippen LogP contribution in [0.3, 0.4) is 0 Å². The third kappa shape index (κ3) is 2.49. The predicted octanol–water partition coefficient (Wildman–Crippen LogP) is 0.407. The maximum Gasteiger partial charge on any atom is 0.225 e. The van der Waals surface area contributed by atoms with Crippen LogP contribution in [-0.2, 0) is 9.53 Å². The Balaban J connectivity index is 1.82. The maximum atomic E-state index is 11.8. The molecular weight excluding hydrogens is 192 g/mol. The highest BCUT2D eigenvalue weighted by Crippen LogP contribution is 2.38. The van der Waals surface area contributed by atoms with Gasteiger partial charge in [0.05, 0.1) is 18.1 Å². The molecule has 0 spiro atoms. The van der Waals surface area contributed by atoms with Gasteiger partial charge in [-0.15, -0.1) is 0 Å². The molecule has 2 heterocycles. The minimum atomic E-state index is -0.339. The predicted molar refractivity (Wildman–Crippen MR) is 57.3 cm³/mol. The van der Waals surface area contributed by atoms with Gasteiger partial charge in [-0.3, -0.25) is 4.79 Å². The SMILES string of the molecule is CC(C)(N)CNC(=O)C1CC2CCC1O2. The van der Waals surface area contributed by atoms with E-state index in [0.29, 0.717) is 12.6 Å². The first-order valence-electron chi connectivity index (χ1n) is 5.68. The third-order valence-electron chi connectivity index (χ3n) is 3.16. The van der Waals surface area contributed by atoms with Crippen molar-refractivity contribution >= 4 is 5.91 Å². The Kier molecular flexibility index (Phi) is 2.73. The molecule has 0 radical (unpaired) electrons. The van der Waals surface area contributed by atoms with Gasteiger partial charge in [-0.05, 0) is 33.1 Å². The average molecular weight is 212 g/mol. The van der Waals surface area contributed by atoms with Gasteiger partial charge in [-0.2, -0.15) is 0 Å². The molecule has 4 nitrogen and oxygen atoms in total. The van der Waals surface area contributed by atoms with E-state index >= 15 is 0 Å². The molecule has 2 aliphatic rings. The average Bonchev–Trinajstić information content (AvgIpc) is 2.73. The first kappa shape index (κ1) is 10.9. The summed E-state index contributed by atoms with van der Waals surface area (Å²) in [7, 11) is 0. The number of fused-ring (bicyclic) bond motifs is 2. The summed E-state index contributed by atoms with van der Waals surface area (Å²) < 4.78 is 5.65. The van der Waals surface area contributed by atoms with Crippen LogP contribution in [0, 0.1) is 5.92 Å². The molecule has 2 aliphatic heterocycles. The second-order valence-corrected chi connectivity index (χ2v) is 5.42. The number of amides is 1. The number of nitrogens with one attached hydrogen (secondary N) is 1. The molecular formula is C11H20N2O2. The standard InChI is InChI=1S/C11H20N2O2/c1-11(2,12)6-13-10(14)8-5-7-3-4-9(8)15-7/h7-9H,3-6,12H2,1-2H3,(H,13,14). The van der Waals surface area contributed by atoms with Crippen LogP contribution in [0.5, 0.6) is 0 Å².